The van der Waals surface area contributed by atoms with Gasteiger partial charge in [0.1, 0.15) is 11.7 Å². The molecule has 2 rings (SSSR count). The number of hydrogen-bond acceptors (Lipinski definition) is 4. The molecular formula is C14H18N4O. The number of hydrogen-bond donors (Lipinski definition) is 2. The Morgan fingerprint density at radius 1 is 1.26 bits per heavy atom. The number of aliphatic hydroxyl groups is 1. The molecule has 0 aromatic carbocycles. The molecular weight excluding hydrogens is 240 g/mol. The molecule has 100 valence electrons. The SMILES string of the molecule is N#Cc1c(NCCCCCCO)nc2ccccn12. The lowest BCUT2D eigenvalue weighted by molar-refractivity contribution is 0.283. The summed E-state index contributed by atoms with van der Waals surface area (Å²) in [6, 6.07) is 7.85. The van der Waals surface area contributed by atoms with Gasteiger partial charge in [0.05, 0.1) is 0 Å². The first-order valence-corrected chi connectivity index (χ1v) is 6.58. The predicted molar refractivity (Wildman–Crippen MR) is 74.0 cm³/mol. The van der Waals surface area contributed by atoms with Gasteiger partial charge >= 0.3 is 0 Å². The van der Waals surface area contributed by atoms with E-state index in [9.17, 15) is 5.26 Å². The average molecular weight is 258 g/mol. The fourth-order valence-electron chi connectivity index (χ4n) is 2.02. The number of anilines is 1. The summed E-state index contributed by atoms with van der Waals surface area (Å²) >= 11 is 0. The fourth-order valence-corrected chi connectivity index (χ4v) is 2.02. The van der Waals surface area contributed by atoms with Gasteiger partial charge in [-0.2, -0.15) is 5.26 Å². The van der Waals surface area contributed by atoms with Gasteiger partial charge < -0.3 is 10.4 Å². The van der Waals surface area contributed by atoms with Gasteiger partial charge in [0.15, 0.2) is 11.5 Å². The fraction of sp³-hybridized carbons (Fsp3) is 0.429. The third-order valence-corrected chi connectivity index (χ3v) is 3.01. The Hall–Kier alpha value is -2.06. The lowest BCUT2D eigenvalue weighted by Gasteiger charge is -2.03. The molecule has 19 heavy (non-hydrogen) atoms. The van der Waals surface area contributed by atoms with Crippen molar-refractivity contribution in [1.29, 1.82) is 5.26 Å². The summed E-state index contributed by atoms with van der Waals surface area (Å²) in [4.78, 5) is 4.41. The minimum Gasteiger partial charge on any atom is -0.396 e. The van der Waals surface area contributed by atoms with Crippen LogP contribution in [-0.2, 0) is 0 Å². The van der Waals surface area contributed by atoms with Crippen LogP contribution in [0.3, 0.4) is 0 Å². The van der Waals surface area contributed by atoms with Crippen molar-refractivity contribution < 1.29 is 5.11 Å². The number of fused-ring (bicyclic) bond motifs is 1. The van der Waals surface area contributed by atoms with Gasteiger partial charge in [0.25, 0.3) is 0 Å². The molecule has 5 heteroatoms. The van der Waals surface area contributed by atoms with E-state index < -0.39 is 0 Å². The molecule has 2 aromatic rings. The van der Waals surface area contributed by atoms with Gasteiger partial charge in [-0.3, -0.25) is 4.40 Å². The molecule has 0 saturated heterocycles. The van der Waals surface area contributed by atoms with Gasteiger partial charge in [0, 0.05) is 19.3 Å². The zero-order chi connectivity index (χ0) is 13.5. The van der Waals surface area contributed by atoms with Crippen LogP contribution in [-0.4, -0.2) is 27.6 Å². The van der Waals surface area contributed by atoms with E-state index >= 15 is 0 Å². The Morgan fingerprint density at radius 2 is 2.11 bits per heavy atom. The van der Waals surface area contributed by atoms with Crippen LogP contribution in [0.25, 0.3) is 5.65 Å². The average Bonchev–Trinajstić information content (AvgIpc) is 2.80. The second kappa shape index (κ2) is 6.76. The predicted octanol–water partition coefficient (Wildman–Crippen LogP) is 2.17. The summed E-state index contributed by atoms with van der Waals surface area (Å²) in [5.74, 6) is 0.649. The molecule has 0 amide bonds. The first-order chi connectivity index (χ1) is 9.36. The van der Waals surface area contributed by atoms with Gasteiger partial charge in [-0.1, -0.05) is 18.9 Å². The van der Waals surface area contributed by atoms with Crippen molar-refractivity contribution in [3.05, 3.63) is 30.1 Å². The van der Waals surface area contributed by atoms with Crippen molar-refractivity contribution in [2.24, 2.45) is 0 Å². The first kappa shape index (κ1) is 13.4. The van der Waals surface area contributed by atoms with Gasteiger partial charge in [-0.25, -0.2) is 4.98 Å². The quantitative estimate of drug-likeness (QED) is 0.746. The highest BCUT2D eigenvalue weighted by Gasteiger charge is 2.10. The Morgan fingerprint density at radius 3 is 2.89 bits per heavy atom. The number of nitriles is 1. The lowest BCUT2D eigenvalue weighted by atomic mass is 10.2. The molecule has 2 aromatic heterocycles. The van der Waals surface area contributed by atoms with Crippen LogP contribution in [0.15, 0.2) is 24.4 Å². The maximum atomic E-state index is 9.20. The molecule has 0 radical (unpaired) electrons. The summed E-state index contributed by atoms with van der Waals surface area (Å²) in [6.45, 7) is 1.06. The molecule has 0 aliphatic carbocycles. The lowest BCUT2D eigenvalue weighted by Crippen LogP contribution is -2.03. The van der Waals surface area contributed by atoms with Crippen molar-refractivity contribution in [1.82, 2.24) is 9.38 Å². The number of nitrogens with zero attached hydrogens (tertiary/aromatic N) is 3. The van der Waals surface area contributed by atoms with E-state index in [1.807, 2.05) is 24.4 Å². The van der Waals surface area contributed by atoms with Crippen molar-refractivity contribution >= 4 is 11.5 Å². The summed E-state index contributed by atoms with van der Waals surface area (Å²) < 4.78 is 1.79. The van der Waals surface area contributed by atoms with E-state index in [0.29, 0.717) is 11.5 Å². The third kappa shape index (κ3) is 3.24. The number of unbranched alkanes of at least 4 members (excludes halogenated alkanes) is 3. The summed E-state index contributed by atoms with van der Waals surface area (Å²) in [5.41, 5.74) is 1.33. The topological polar surface area (TPSA) is 73.3 Å². The standard InChI is InChI=1S/C14H18N4O/c15-11-12-14(16-8-4-1-2-6-10-19)17-13-7-3-5-9-18(12)13/h3,5,7,9,16,19H,1-2,4,6,8,10H2. The number of rotatable bonds is 7. The minimum absolute atomic E-state index is 0.262. The number of nitrogens with one attached hydrogen (secondary N) is 1. The van der Waals surface area contributed by atoms with E-state index in [-0.39, 0.29) is 6.61 Å². The van der Waals surface area contributed by atoms with E-state index in [1.54, 1.807) is 4.40 Å². The van der Waals surface area contributed by atoms with Crippen LogP contribution in [0.5, 0.6) is 0 Å². The highest BCUT2D eigenvalue weighted by Crippen LogP contribution is 2.16. The largest absolute Gasteiger partial charge is 0.396 e. The van der Waals surface area contributed by atoms with Crippen molar-refractivity contribution in [2.45, 2.75) is 25.7 Å². The van der Waals surface area contributed by atoms with Crippen LogP contribution in [0.1, 0.15) is 31.4 Å². The van der Waals surface area contributed by atoms with Crippen LogP contribution in [0.4, 0.5) is 5.82 Å². The molecule has 0 spiro atoms. The molecule has 0 atom stereocenters. The molecule has 0 aliphatic heterocycles. The molecule has 2 N–H and O–H groups in total. The van der Waals surface area contributed by atoms with E-state index in [4.69, 9.17) is 5.11 Å². The molecule has 0 aliphatic rings. The normalized spacial score (nSPS) is 10.5. The maximum Gasteiger partial charge on any atom is 0.168 e. The van der Waals surface area contributed by atoms with Crippen LogP contribution < -0.4 is 5.32 Å². The highest BCUT2D eigenvalue weighted by atomic mass is 16.2. The van der Waals surface area contributed by atoms with Crippen LogP contribution in [0, 0.1) is 11.3 Å². The second-order valence-electron chi connectivity index (χ2n) is 4.41. The Balaban J connectivity index is 1.95. The first-order valence-electron chi connectivity index (χ1n) is 6.58. The van der Waals surface area contributed by atoms with Gasteiger partial charge in [-0.15, -0.1) is 0 Å². The molecule has 0 unspecified atom stereocenters. The number of aromatic nitrogens is 2. The number of aliphatic hydroxyl groups excluding tert-OH is 1. The highest BCUT2D eigenvalue weighted by molar-refractivity contribution is 5.58. The van der Waals surface area contributed by atoms with Crippen molar-refractivity contribution in [2.75, 3.05) is 18.5 Å². The minimum atomic E-state index is 0.262. The van der Waals surface area contributed by atoms with E-state index in [1.165, 1.54) is 0 Å². The molecule has 5 nitrogen and oxygen atoms in total. The molecule has 2 heterocycles. The number of pyridine rings is 1. The second-order valence-corrected chi connectivity index (χ2v) is 4.41. The van der Waals surface area contributed by atoms with E-state index in [0.717, 1.165) is 37.9 Å². The van der Waals surface area contributed by atoms with Crippen molar-refractivity contribution in [3.63, 3.8) is 0 Å². The van der Waals surface area contributed by atoms with Crippen molar-refractivity contribution in [3.8, 4) is 6.07 Å². The monoisotopic (exact) mass is 258 g/mol. The van der Waals surface area contributed by atoms with Crippen LogP contribution >= 0.6 is 0 Å². The van der Waals surface area contributed by atoms with Crippen LogP contribution in [0.2, 0.25) is 0 Å². The smallest absolute Gasteiger partial charge is 0.168 e. The maximum absolute atomic E-state index is 9.20. The Bertz CT molecular complexity index is 570. The Kier molecular flexibility index (Phi) is 4.76. The summed E-state index contributed by atoms with van der Waals surface area (Å²) in [6.07, 6.45) is 5.82. The third-order valence-electron chi connectivity index (χ3n) is 3.01. The van der Waals surface area contributed by atoms with E-state index in [2.05, 4.69) is 16.4 Å². The number of imidazole rings is 1. The zero-order valence-corrected chi connectivity index (χ0v) is 10.8. The molecule has 0 bridgehead atoms. The summed E-state index contributed by atoms with van der Waals surface area (Å²) in [7, 11) is 0. The zero-order valence-electron chi connectivity index (χ0n) is 10.8. The summed E-state index contributed by atoms with van der Waals surface area (Å²) in [5, 5.41) is 21.1. The van der Waals surface area contributed by atoms with Gasteiger partial charge in [0.2, 0.25) is 0 Å². The molecule has 0 fully saturated rings. The Labute approximate surface area is 112 Å². The molecule has 0 saturated carbocycles. The van der Waals surface area contributed by atoms with Gasteiger partial charge in [-0.05, 0) is 25.0 Å².